The summed E-state index contributed by atoms with van der Waals surface area (Å²) in [7, 11) is -3.89. The molecule has 0 aliphatic carbocycles. The highest BCUT2D eigenvalue weighted by molar-refractivity contribution is 7.89. The Balaban J connectivity index is 2.50. The molecule has 0 unspecified atom stereocenters. The second-order valence-corrected chi connectivity index (χ2v) is 5.61. The van der Waals surface area contributed by atoms with Gasteiger partial charge in [0.1, 0.15) is 0 Å². The zero-order valence-corrected chi connectivity index (χ0v) is 11.1. The molecule has 6 nitrogen and oxygen atoms in total. The van der Waals surface area contributed by atoms with Gasteiger partial charge < -0.3 is 10.4 Å². The van der Waals surface area contributed by atoms with Gasteiger partial charge in [0.15, 0.2) is 0 Å². The lowest BCUT2D eigenvalue weighted by Gasteiger charge is -2.11. The normalized spacial score (nSPS) is 11.1. The van der Waals surface area contributed by atoms with E-state index in [-0.39, 0.29) is 16.1 Å². The first kappa shape index (κ1) is 14.0. The molecule has 104 valence electrons. The second kappa shape index (κ2) is 5.32. The zero-order valence-electron chi connectivity index (χ0n) is 10.3. The quantitative estimate of drug-likeness (QED) is 0.795. The Morgan fingerprint density at radius 3 is 2.30 bits per heavy atom. The highest BCUT2D eigenvalue weighted by atomic mass is 32.2. The number of aromatic carboxylic acids is 1. The fraction of sp³-hybridized carbons (Fsp3) is 0. The van der Waals surface area contributed by atoms with E-state index in [2.05, 4.69) is 5.32 Å². The maximum absolute atomic E-state index is 11.3. The first-order valence-corrected chi connectivity index (χ1v) is 7.15. The smallest absolute Gasteiger partial charge is 0.337 e. The van der Waals surface area contributed by atoms with Gasteiger partial charge in [-0.05, 0) is 30.3 Å². The number of primary sulfonamides is 1. The van der Waals surface area contributed by atoms with Crippen LogP contribution in [0.5, 0.6) is 0 Å². The third kappa shape index (κ3) is 3.14. The fourth-order valence-electron chi connectivity index (χ4n) is 1.67. The summed E-state index contributed by atoms with van der Waals surface area (Å²) in [6.07, 6.45) is 0. The number of carboxylic acid groups (broad SMARTS) is 1. The summed E-state index contributed by atoms with van der Waals surface area (Å²) < 4.78 is 22.6. The Kier molecular flexibility index (Phi) is 3.73. The van der Waals surface area contributed by atoms with Gasteiger partial charge in [0.2, 0.25) is 10.0 Å². The lowest BCUT2D eigenvalue weighted by molar-refractivity contribution is 0.0698. The van der Waals surface area contributed by atoms with Gasteiger partial charge in [-0.25, -0.2) is 18.4 Å². The van der Waals surface area contributed by atoms with Gasteiger partial charge in [-0.1, -0.05) is 18.2 Å². The topological polar surface area (TPSA) is 109 Å². The van der Waals surface area contributed by atoms with Crippen molar-refractivity contribution in [2.45, 2.75) is 4.90 Å². The summed E-state index contributed by atoms with van der Waals surface area (Å²) in [4.78, 5) is 11.0. The molecule has 0 atom stereocenters. The van der Waals surface area contributed by atoms with Gasteiger partial charge in [-0.2, -0.15) is 0 Å². The maximum Gasteiger partial charge on any atom is 0.337 e. The molecule has 7 heteroatoms. The number of carbonyl (C=O) groups is 1. The maximum atomic E-state index is 11.3. The monoisotopic (exact) mass is 292 g/mol. The molecule has 0 aliphatic rings. The first-order chi connectivity index (χ1) is 9.38. The summed E-state index contributed by atoms with van der Waals surface area (Å²) in [5.41, 5.74) is 0.762. The minimum Gasteiger partial charge on any atom is -0.478 e. The highest BCUT2D eigenvalue weighted by Gasteiger charge is 2.15. The largest absolute Gasteiger partial charge is 0.478 e. The number of hydrogen-bond acceptors (Lipinski definition) is 4. The number of rotatable bonds is 4. The van der Waals surface area contributed by atoms with E-state index in [1.54, 1.807) is 24.3 Å². The standard InChI is InChI=1S/C13H12N2O4S/c14-20(18,19)10-6-7-11(13(16)17)12(8-10)15-9-4-2-1-3-5-9/h1-8,15H,(H,16,17)(H2,14,18,19). The Morgan fingerprint density at radius 2 is 1.75 bits per heavy atom. The molecular weight excluding hydrogens is 280 g/mol. The molecule has 4 N–H and O–H groups in total. The van der Waals surface area contributed by atoms with Crippen LogP contribution < -0.4 is 10.5 Å². The minimum absolute atomic E-state index is 0.0405. The Hall–Kier alpha value is -2.38. The predicted molar refractivity (Wildman–Crippen MR) is 74.5 cm³/mol. The lowest BCUT2D eigenvalue weighted by atomic mass is 10.1. The molecule has 20 heavy (non-hydrogen) atoms. The minimum atomic E-state index is -3.89. The van der Waals surface area contributed by atoms with E-state index in [1.165, 1.54) is 12.1 Å². The van der Waals surface area contributed by atoms with Crippen LogP contribution in [0.25, 0.3) is 0 Å². The van der Waals surface area contributed by atoms with Crippen molar-refractivity contribution in [1.29, 1.82) is 0 Å². The molecule has 2 rings (SSSR count). The van der Waals surface area contributed by atoms with E-state index < -0.39 is 16.0 Å². The van der Waals surface area contributed by atoms with E-state index >= 15 is 0 Å². The lowest BCUT2D eigenvalue weighted by Crippen LogP contribution is -2.13. The molecule has 0 radical (unpaired) electrons. The summed E-state index contributed by atoms with van der Waals surface area (Å²) in [6.45, 7) is 0. The Labute approximate surface area is 115 Å². The van der Waals surface area contributed by atoms with Crippen molar-refractivity contribution >= 4 is 27.4 Å². The van der Waals surface area contributed by atoms with Crippen molar-refractivity contribution < 1.29 is 18.3 Å². The van der Waals surface area contributed by atoms with Crippen LogP contribution in [0.1, 0.15) is 10.4 Å². The van der Waals surface area contributed by atoms with Crippen LogP contribution in [0.15, 0.2) is 53.4 Å². The van der Waals surface area contributed by atoms with Gasteiger partial charge >= 0.3 is 5.97 Å². The first-order valence-electron chi connectivity index (χ1n) is 5.60. The van der Waals surface area contributed by atoms with Crippen molar-refractivity contribution in [3.63, 3.8) is 0 Å². The highest BCUT2D eigenvalue weighted by Crippen LogP contribution is 2.24. The molecular formula is C13H12N2O4S. The number of benzene rings is 2. The Morgan fingerprint density at radius 1 is 1.10 bits per heavy atom. The molecule has 0 amide bonds. The predicted octanol–water partition coefficient (Wildman–Crippen LogP) is 1.78. The van der Waals surface area contributed by atoms with Gasteiger partial charge in [0, 0.05) is 5.69 Å². The van der Waals surface area contributed by atoms with E-state index in [9.17, 15) is 13.2 Å². The second-order valence-electron chi connectivity index (χ2n) is 4.05. The van der Waals surface area contributed by atoms with Gasteiger partial charge in [0.05, 0.1) is 16.1 Å². The van der Waals surface area contributed by atoms with Crippen LogP contribution in [0.3, 0.4) is 0 Å². The molecule has 0 spiro atoms. The number of hydrogen-bond donors (Lipinski definition) is 3. The molecule has 0 saturated heterocycles. The number of para-hydroxylation sites is 1. The van der Waals surface area contributed by atoms with Crippen molar-refractivity contribution in [3.05, 3.63) is 54.1 Å². The summed E-state index contributed by atoms with van der Waals surface area (Å²) in [5.74, 6) is -1.16. The molecule has 0 fully saturated rings. The van der Waals surface area contributed by atoms with Gasteiger partial charge in [-0.3, -0.25) is 0 Å². The van der Waals surface area contributed by atoms with Crippen molar-refractivity contribution in [2.24, 2.45) is 5.14 Å². The van der Waals surface area contributed by atoms with Crippen LogP contribution in [0, 0.1) is 0 Å². The van der Waals surface area contributed by atoms with Crippen LogP contribution >= 0.6 is 0 Å². The number of anilines is 2. The molecule has 0 saturated carbocycles. The number of sulfonamides is 1. The van der Waals surface area contributed by atoms with Crippen molar-refractivity contribution in [1.82, 2.24) is 0 Å². The van der Waals surface area contributed by atoms with Crippen LogP contribution in [-0.2, 0) is 10.0 Å². The Bertz CT molecular complexity index is 742. The molecule has 0 aliphatic heterocycles. The average Bonchev–Trinajstić information content (AvgIpc) is 2.38. The molecule has 0 bridgehead atoms. The number of nitrogens with two attached hydrogens (primary N) is 1. The molecule has 0 aromatic heterocycles. The van der Waals surface area contributed by atoms with Crippen LogP contribution in [-0.4, -0.2) is 19.5 Å². The van der Waals surface area contributed by atoms with Gasteiger partial charge in [0.25, 0.3) is 0 Å². The fourth-order valence-corrected chi connectivity index (χ4v) is 2.21. The number of nitrogens with one attached hydrogen (secondary N) is 1. The van der Waals surface area contributed by atoms with E-state index in [0.717, 1.165) is 6.07 Å². The third-order valence-electron chi connectivity index (χ3n) is 2.60. The molecule has 0 heterocycles. The average molecular weight is 292 g/mol. The zero-order chi connectivity index (χ0) is 14.8. The SMILES string of the molecule is NS(=O)(=O)c1ccc(C(=O)O)c(Nc2ccccc2)c1. The third-order valence-corrected chi connectivity index (χ3v) is 3.51. The van der Waals surface area contributed by atoms with Crippen molar-refractivity contribution in [3.8, 4) is 0 Å². The van der Waals surface area contributed by atoms with E-state index in [4.69, 9.17) is 10.2 Å². The van der Waals surface area contributed by atoms with Crippen LogP contribution in [0.2, 0.25) is 0 Å². The summed E-state index contributed by atoms with van der Waals surface area (Å²) in [6, 6.07) is 12.4. The van der Waals surface area contributed by atoms with Crippen molar-refractivity contribution in [2.75, 3.05) is 5.32 Å². The van der Waals surface area contributed by atoms with Crippen LogP contribution in [0.4, 0.5) is 11.4 Å². The van der Waals surface area contributed by atoms with E-state index in [0.29, 0.717) is 5.69 Å². The summed E-state index contributed by atoms with van der Waals surface area (Å²) in [5, 5.41) is 17.0. The summed E-state index contributed by atoms with van der Waals surface area (Å²) >= 11 is 0. The van der Waals surface area contributed by atoms with E-state index in [1.807, 2.05) is 6.07 Å². The number of carboxylic acids is 1. The van der Waals surface area contributed by atoms with Gasteiger partial charge in [-0.15, -0.1) is 0 Å². The molecule has 2 aromatic rings. The molecule has 2 aromatic carbocycles.